The van der Waals surface area contributed by atoms with Crippen molar-refractivity contribution in [1.29, 1.82) is 0 Å². The molecule has 0 atom stereocenters. The van der Waals surface area contributed by atoms with Crippen molar-refractivity contribution >= 4 is 18.1 Å². The van der Waals surface area contributed by atoms with Crippen molar-refractivity contribution in [1.82, 2.24) is 19.5 Å². The Morgan fingerprint density at radius 1 is 1.29 bits per heavy atom. The fourth-order valence-corrected chi connectivity index (χ4v) is 2.42. The van der Waals surface area contributed by atoms with Crippen molar-refractivity contribution < 1.29 is 0 Å². The van der Waals surface area contributed by atoms with Gasteiger partial charge in [0.1, 0.15) is 0 Å². The van der Waals surface area contributed by atoms with Crippen LogP contribution in [-0.4, -0.2) is 33.1 Å². The van der Waals surface area contributed by atoms with Crippen molar-refractivity contribution in [3.8, 4) is 0 Å². The van der Waals surface area contributed by atoms with Crippen LogP contribution in [0.1, 0.15) is 22.6 Å². The Kier molecular flexibility index (Phi) is 3.10. The molecule has 0 N–H and O–H groups in total. The van der Waals surface area contributed by atoms with Gasteiger partial charge in [0.25, 0.3) is 0 Å². The fraction of sp³-hybridized carbons (Fsp3) is 0.500. The van der Waals surface area contributed by atoms with Gasteiger partial charge in [-0.1, -0.05) is 0 Å². The molecule has 0 radical (unpaired) electrons. The van der Waals surface area contributed by atoms with Crippen molar-refractivity contribution in [2.75, 3.05) is 13.6 Å². The van der Waals surface area contributed by atoms with Crippen LogP contribution in [0.3, 0.4) is 0 Å². The number of rotatable bonds is 0. The lowest BCUT2D eigenvalue weighted by Gasteiger charge is -2.20. The second-order valence-corrected chi connectivity index (χ2v) is 4.69. The van der Waals surface area contributed by atoms with Gasteiger partial charge in [0, 0.05) is 36.5 Å². The predicted molar refractivity (Wildman–Crippen MR) is 69.7 cm³/mol. The first-order chi connectivity index (χ1) is 7.65. The standard InChI is InChI=1S/C12H16N4.ClH/c1-8-6-9(2)16-12(13-8)10-7-15(3)5-4-11(10)14-16;/h6H,4-5,7H2,1-3H3;1H. The molecular weight excluding hydrogens is 236 g/mol. The number of aryl methyl sites for hydroxylation is 2. The lowest BCUT2D eigenvalue weighted by atomic mass is 10.1. The summed E-state index contributed by atoms with van der Waals surface area (Å²) in [5, 5.41) is 4.66. The first-order valence-corrected chi connectivity index (χ1v) is 5.68. The first kappa shape index (κ1) is 12.3. The zero-order chi connectivity index (χ0) is 11.3. The zero-order valence-electron chi connectivity index (χ0n) is 10.4. The predicted octanol–water partition coefficient (Wildman–Crippen LogP) is 1.76. The van der Waals surface area contributed by atoms with E-state index in [0.29, 0.717) is 0 Å². The van der Waals surface area contributed by atoms with Crippen LogP contribution in [0.5, 0.6) is 0 Å². The number of fused-ring (bicyclic) bond motifs is 3. The maximum atomic E-state index is 4.66. The molecule has 1 aliphatic heterocycles. The molecule has 0 saturated heterocycles. The van der Waals surface area contributed by atoms with Gasteiger partial charge in [-0.2, -0.15) is 5.10 Å². The van der Waals surface area contributed by atoms with Crippen molar-refractivity contribution in [2.24, 2.45) is 0 Å². The summed E-state index contributed by atoms with van der Waals surface area (Å²) in [5.41, 5.74) is 5.80. The number of halogens is 1. The minimum Gasteiger partial charge on any atom is -0.302 e. The minimum atomic E-state index is 0. The molecule has 17 heavy (non-hydrogen) atoms. The van der Waals surface area contributed by atoms with Crippen LogP contribution >= 0.6 is 12.4 Å². The molecule has 0 saturated carbocycles. The molecule has 2 aromatic rings. The molecule has 0 fully saturated rings. The molecule has 0 unspecified atom stereocenters. The van der Waals surface area contributed by atoms with Gasteiger partial charge in [0.05, 0.1) is 5.69 Å². The van der Waals surface area contributed by atoms with Crippen LogP contribution in [-0.2, 0) is 13.0 Å². The zero-order valence-corrected chi connectivity index (χ0v) is 11.2. The first-order valence-electron chi connectivity index (χ1n) is 5.68. The third-order valence-electron chi connectivity index (χ3n) is 3.23. The van der Waals surface area contributed by atoms with Crippen LogP contribution in [0.25, 0.3) is 5.65 Å². The average Bonchev–Trinajstić information content (AvgIpc) is 2.57. The smallest absolute Gasteiger partial charge is 0.160 e. The van der Waals surface area contributed by atoms with E-state index < -0.39 is 0 Å². The van der Waals surface area contributed by atoms with Gasteiger partial charge in [-0.3, -0.25) is 0 Å². The Labute approximate surface area is 107 Å². The van der Waals surface area contributed by atoms with Crippen LogP contribution in [0, 0.1) is 13.8 Å². The molecule has 4 nitrogen and oxygen atoms in total. The summed E-state index contributed by atoms with van der Waals surface area (Å²) < 4.78 is 1.98. The maximum absolute atomic E-state index is 4.66. The fourth-order valence-electron chi connectivity index (χ4n) is 2.42. The van der Waals surface area contributed by atoms with E-state index in [2.05, 4.69) is 35.0 Å². The number of hydrogen-bond acceptors (Lipinski definition) is 3. The Bertz CT molecular complexity index is 561. The topological polar surface area (TPSA) is 33.4 Å². The van der Waals surface area contributed by atoms with E-state index >= 15 is 0 Å². The van der Waals surface area contributed by atoms with Gasteiger partial charge in [0.2, 0.25) is 0 Å². The highest BCUT2D eigenvalue weighted by atomic mass is 35.5. The second-order valence-electron chi connectivity index (χ2n) is 4.69. The molecule has 5 heteroatoms. The Morgan fingerprint density at radius 2 is 2.06 bits per heavy atom. The summed E-state index contributed by atoms with van der Waals surface area (Å²) in [6.07, 6.45) is 1.04. The molecular formula is C12H17ClN4. The molecule has 92 valence electrons. The lowest BCUT2D eigenvalue weighted by Crippen LogP contribution is -2.26. The largest absolute Gasteiger partial charge is 0.302 e. The normalized spacial score (nSPS) is 15.7. The lowest BCUT2D eigenvalue weighted by molar-refractivity contribution is 0.312. The summed E-state index contributed by atoms with van der Waals surface area (Å²) >= 11 is 0. The average molecular weight is 253 g/mol. The van der Waals surface area contributed by atoms with Gasteiger partial charge in [-0.15, -0.1) is 12.4 Å². The summed E-state index contributed by atoms with van der Waals surface area (Å²) in [6, 6.07) is 2.08. The van der Waals surface area contributed by atoms with Gasteiger partial charge < -0.3 is 4.90 Å². The van der Waals surface area contributed by atoms with Gasteiger partial charge in [-0.25, -0.2) is 9.50 Å². The molecule has 3 rings (SSSR count). The number of aromatic nitrogens is 3. The Morgan fingerprint density at radius 3 is 2.82 bits per heavy atom. The van der Waals surface area contributed by atoms with E-state index in [9.17, 15) is 0 Å². The van der Waals surface area contributed by atoms with E-state index in [1.165, 1.54) is 17.0 Å². The summed E-state index contributed by atoms with van der Waals surface area (Å²) in [4.78, 5) is 6.94. The number of hydrogen-bond donors (Lipinski definition) is 0. The molecule has 3 heterocycles. The Hall–Kier alpha value is -1.13. The van der Waals surface area contributed by atoms with E-state index in [0.717, 1.165) is 30.9 Å². The minimum absolute atomic E-state index is 0. The van der Waals surface area contributed by atoms with Crippen LogP contribution in [0.15, 0.2) is 6.07 Å². The van der Waals surface area contributed by atoms with Crippen LogP contribution in [0.2, 0.25) is 0 Å². The molecule has 0 aliphatic carbocycles. The quantitative estimate of drug-likeness (QED) is 0.716. The maximum Gasteiger partial charge on any atom is 0.160 e. The van der Waals surface area contributed by atoms with Gasteiger partial charge in [-0.05, 0) is 27.0 Å². The number of likely N-dealkylation sites (N-methyl/N-ethyl adjacent to an activating group) is 1. The molecule has 0 aromatic carbocycles. The highest BCUT2D eigenvalue weighted by Crippen LogP contribution is 2.22. The van der Waals surface area contributed by atoms with Crippen LogP contribution < -0.4 is 0 Å². The van der Waals surface area contributed by atoms with Crippen LogP contribution in [0.4, 0.5) is 0 Å². The third kappa shape index (κ3) is 1.91. The van der Waals surface area contributed by atoms with E-state index in [4.69, 9.17) is 0 Å². The summed E-state index contributed by atoms with van der Waals surface area (Å²) in [5.74, 6) is 0. The Balaban J connectivity index is 0.00000108. The van der Waals surface area contributed by atoms with E-state index in [1.807, 2.05) is 11.4 Å². The summed E-state index contributed by atoms with van der Waals surface area (Å²) in [6.45, 7) is 6.19. The van der Waals surface area contributed by atoms with Crippen molar-refractivity contribution in [3.63, 3.8) is 0 Å². The second kappa shape index (κ2) is 4.27. The van der Waals surface area contributed by atoms with Gasteiger partial charge >= 0.3 is 0 Å². The highest BCUT2D eigenvalue weighted by molar-refractivity contribution is 5.85. The molecule has 0 bridgehead atoms. The summed E-state index contributed by atoms with van der Waals surface area (Å²) in [7, 11) is 2.15. The van der Waals surface area contributed by atoms with Gasteiger partial charge in [0.15, 0.2) is 5.65 Å². The third-order valence-corrected chi connectivity index (χ3v) is 3.23. The number of nitrogens with zero attached hydrogens (tertiary/aromatic N) is 4. The van der Waals surface area contributed by atoms with E-state index in [1.54, 1.807) is 0 Å². The van der Waals surface area contributed by atoms with E-state index in [-0.39, 0.29) is 12.4 Å². The SMILES string of the molecule is Cc1cc(C)n2nc3c(c2n1)CN(C)CC3.Cl. The van der Waals surface area contributed by atoms with Crippen molar-refractivity contribution in [2.45, 2.75) is 26.8 Å². The molecule has 0 spiro atoms. The monoisotopic (exact) mass is 252 g/mol. The van der Waals surface area contributed by atoms with Crippen molar-refractivity contribution in [3.05, 3.63) is 28.7 Å². The molecule has 2 aromatic heterocycles. The highest BCUT2D eigenvalue weighted by Gasteiger charge is 2.21. The molecule has 1 aliphatic rings. The molecule has 0 amide bonds.